The highest BCUT2D eigenvalue weighted by atomic mass is 15.0. The number of hydrogen-bond acceptors (Lipinski definition) is 0. The largest absolute Gasteiger partial charge is 0.375 e. The first kappa shape index (κ1) is 20.9. The number of benzene rings is 5. The van der Waals surface area contributed by atoms with Gasteiger partial charge in [0.25, 0.3) is 0 Å². The van der Waals surface area contributed by atoms with Crippen molar-refractivity contribution in [3.63, 3.8) is 0 Å². The molecule has 0 bridgehead atoms. The maximum absolute atomic E-state index is 2.66. The molecule has 0 N–H and O–H groups in total. The standard InChI is InChI=1S/C34H27BN2/c1-20-16-22(3)32-26(18-20)27-19-21(2)17-23(4)33(27)37(32)35-28-12-6-8-15-31(28)36-30-14-7-5-10-24(30)25-11-9-13-29(35)34(25)36/h5-19H,1-4H3. The van der Waals surface area contributed by atoms with Crippen molar-refractivity contribution in [3.05, 3.63) is 113 Å². The summed E-state index contributed by atoms with van der Waals surface area (Å²) in [6.45, 7) is 9.07. The van der Waals surface area contributed by atoms with Crippen LogP contribution >= 0.6 is 0 Å². The van der Waals surface area contributed by atoms with Crippen LogP contribution in [0.5, 0.6) is 0 Å². The Hall–Kier alpha value is -4.24. The van der Waals surface area contributed by atoms with E-state index < -0.39 is 0 Å². The molecule has 0 saturated heterocycles. The van der Waals surface area contributed by atoms with E-state index in [1.54, 1.807) is 0 Å². The summed E-state index contributed by atoms with van der Waals surface area (Å²) in [6, 6.07) is 34.2. The van der Waals surface area contributed by atoms with Crippen molar-refractivity contribution in [1.82, 2.24) is 9.05 Å². The van der Waals surface area contributed by atoms with Crippen LogP contribution in [0.25, 0.3) is 49.3 Å². The Morgan fingerprint density at radius 1 is 0.514 bits per heavy atom. The molecule has 1 aliphatic rings. The molecule has 2 aromatic heterocycles. The molecule has 2 nitrogen and oxygen atoms in total. The summed E-state index contributed by atoms with van der Waals surface area (Å²) in [6.07, 6.45) is 0. The molecular formula is C34H27BN2. The number of fused-ring (bicyclic) bond motifs is 8. The summed E-state index contributed by atoms with van der Waals surface area (Å²) < 4.78 is 5.15. The van der Waals surface area contributed by atoms with E-state index in [1.807, 2.05) is 0 Å². The van der Waals surface area contributed by atoms with E-state index in [0.29, 0.717) is 0 Å². The molecule has 1 aliphatic heterocycles. The van der Waals surface area contributed by atoms with Crippen LogP contribution in [0.3, 0.4) is 0 Å². The number of rotatable bonds is 1. The second-order valence-corrected chi connectivity index (χ2v) is 10.9. The van der Waals surface area contributed by atoms with E-state index in [0.717, 1.165) is 0 Å². The third-order valence-corrected chi connectivity index (χ3v) is 8.41. The Balaban J connectivity index is 1.63. The molecule has 0 amide bonds. The number of aryl methyl sites for hydroxylation is 4. The molecule has 3 heterocycles. The van der Waals surface area contributed by atoms with Crippen molar-refractivity contribution in [2.24, 2.45) is 0 Å². The Kier molecular flexibility index (Phi) is 4.05. The smallest absolute Gasteiger partial charge is 0.332 e. The SMILES string of the molecule is Cc1cc(C)c2c(c1)c1cc(C)cc(C)c1n2B1c2ccccc2-n2c3ccccc3c3cccc1c32. The second-order valence-electron chi connectivity index (χ2n) is 10.9. The quantitative estimate of drug-likeness (QED) is 0.225. The van der Waals surface area contributed by atoms with Crippen molar-refractivity contribution in [2.45, 2.75) is 27.7 Å². The van der Waals surface area contributed by atoms with Gasteiger partial charge < -0.3 is 9.05 Å². The summed E-state index contributed by atoms with van der Waals surface area (Å²) in [5.74, 6) is 0. The van der Waals surface area contributed by atoms with Crippen LogP contribution in [0.15, 0.2) is 91.0 Å². The van der Waals surface area contributed by atoms with Gasteiger partial charge in [-0.3, -0.25) is 0 Å². The molecule has 0 radical (unpaired) electrons. The van der Waals surface area contributed by atoms with E-state index in [4.69, 9.17) is 0 Å². The van der Waals surface area contributed by atoms with Crippen LogP contribution in [0.1, 0.15) is 22.3 Å². The van der Waals surface area contributed by atoms with Gasteiger partial charge in [0.05, 0.1) is 11.0 Å². The van der Waals surface area contributed by atoms with Gasteiger partial charge >= 0.3 is 6.85 Å². The Morgan fingerprint density at radius 3 is 1.84 bits per heavy atom. The Labute approximate surface area is 216 Å². The molecule has 37 heavy (non-hydrogen) atoms. The Morgan fingerprint density at radius 2 is 1.11 bits per heavy atom. The molecule has 7 aromatic rings. The van der Waals surface area contributed by atoms with E-state index in [1.165, 1.54) is 82.5 Å². The Bertz CT molecular complexity index is 2020. The number of hydrogen-bond donors (Lipinski definition) is 0. The van der Waals surface area contributed by atoms with E-state index in [9.17, 15) is 0 Å². The van der Waals surface area contributed by atoms with Crippen LogP contribution in [0.2, 0.25) is 0 Å². The maximum Gasteiger partial charge on any atom is 0.332 e. The van der Waals surface area contributed by atoms with Gasteiger partial charge in [-0.1, -0.05) is 77.9 Å². The molecule has 0 fully saturated rings. The average molecular weight is 474 g/mol. The molecule has 0 aliphatic carbocycles. The average Bonchev–Trinajstić information content (AvgIpc) is 3.39. The predicted molar refractivity (Wildman–Crippen MR) is 160 cm³/mol. The van der Waals surface area contributed by atoms with Gasteiger partial charge in [-0.25, -0.2) is 0 Å². The molecule has 0 unspecified atom stereocenters. The molecule has 3 heteroatoms. The van der Waals surface area contributed by atoms with Crippen LogP contribution in [-0.4, -0.2) is 15.9 Å². The molecule has 8 rings (SSSR count). The molecular weight excluding hydrogens is 447 g/mol. The summed E-state index contributed by atoms with van der Waals surface area (Å²) in [5.41, 5.74) is 14.6. The second kappa shape index (κ2) is 7.17. The van der Waals surface area contributed by atoms with Crippen LogP contribution in [0.4, 0.5) is 0 Å². The van der Waals surface area contributed by atoms with Gasteiger partial charge in [-0.2, -0.15) is 0 Å². The summed E-state index contributed by atoms with van der Waals surface area (Å²) >= 11 is 0. The summed E-state index contributed by atoms with van der Waals surface area (Å²) in [4.78, 5) is 0. The zero-order chi connectivity index (χ0) is 25.0. The van der Waals surface area contributed by atoms with Crippen molar-refractivity contribution < 1.29 is 0 Å². The maximum atomic E-state index is 2.66. The molecule has 0 atom stereocenters. The van der Waals surface area contributed by atoms with Gasteiger partial charge in [0, 0.05) is 38.3 Å². The fraction of sp³-hybridized carbons (Fsp3) is 0.118. The first-order valence-electron chi connectivity index (χ1n) is 13.2. The lowest BCUT2D eigenvalue weighted by molar-refractivity contribution is 1.18. The normalized spacial score (nSPS) is 12.8. The molecule has 176 valence electrons. The van der Waals surface area contributed by atoms with Crippen molar-refractivity contribution in [3.8, 4) is 5.69 Å². The zero-order valence-electron chi connectivity index (χ0n) is 21.6. The van der Waals surface area contributed by atoms with E-state index in [-0.39, 0.29) is 6.85 Å². The highest BCUT2D eigenvalue weighted by Gasteiger charge is 2.36. The van der Waals surface area contributed by atoms with Gasteiger partial charge in [0.1, 0.15) is 0 Å². The lowest BCUT2D eigenvalue weighted by Gasteiger charge is -2.29. The number of nitrogens with zero attached hydrogens (tertiary/aromatic N) is 2. The number of para-hydroxylation sites is 3. The van der Waals surface area contributed by atoms with Crippen LogP contribution in [-0.2, 0) is 0 Å². The fourth-order valence-electron chi connectivity index (χ4n) is 7.22. The summed E-state index contributed by atoms with van der Waals surface area (Å²) in [5, 5.41) is 5.36. The number of aromatic nitrogens is 2. The zero-order valence-corrected chi connectivity index (χ0v) is 21.6. The topological polar surface area (TPSA) is 9.86 Å². The monoisotopic (exact) mass is 474 g/mol. The first-order valence-corrected chi connectivity index (χ1v) is 13.2. The highest BCUT2D eigenvalue weighted by molar-refractivity contribution is 6.88. The van der Waals surface area contributed by atoms with E-state index >= 15 is 0 Å². The third-order valence-electron chi connectivity index (χ3n) is 8.41. The van der Waals surface area contributed by atoms with Crippen molar-refractivity contribution in [2.75, 3.05) is 0 Å². The van der Waals surface area contributed by atoms with Gasteiger partial charge in [0.15, 0.2) is 0 Å². The van der Waals surface area contributed by atoms with Gasteiger partial charge in [-0.15, -0.1) is 0 Å². The molecule has 0 spiro atoms. The van der Waals surface area contributed by atoms with Crippen LogP contribution < -0.4 is 10.9 Å². The lowest BCUT2D eigenvalue weighted by atomic mass is 9.48. The fourth-order valence-corrected chi connectivity index (χ4v) is 7.22. The lowest BCUT2D eigenvalue weighted by Crippen LogP contribution is -2.53. The summed E-state index contributed by atoms with van der Waals surface area (Å²) in [7, 11) is 0. The highest BCUT2D eigenvalue weighted by Crippen LogP contribution is 2.38. The van der Waals surface area contributed by atoms with Crippen LogP contribution in [0, 0.1) is 27.7 Å². The van der Waals surface area contributed by atoms with E-state index in [2.05, 4.69) is 128 Å². The molecule has 0 saturated carbocycles. The predicted octanol–water partition coefficient (Wildman–Crippen LogP) is 7.09. The van der Waals surface area contributed by atoms with Gasteiger partial charge in [-0.05, 0) is 74.0 Å². The third kappa shape index (κ3) is 2.61. The van der Waals surface area contributed by atoms with Gasteiger partial charge in [0.2, 0.25) is 0 Å². The van der Waals surface area contributed by atoms with Crippen molar-refractivity contribution in [1.29, 1.82) is 0 Å². The minimum absolute atomic E-state index is 0.0829. The van der Waals surface area contributed by atoms with Crippen molar-refractivity contribution >= 4 is 61.4 Å². The minimum Gasteiger partial charge on any atom is -0.375 e. The molecule has 5 aromatic carbocycles. The first-order chi connectivity index (χ1) is 18.0. The minimum atomic E-state index is 0.0829.